The van der Waals surface area contributed by atoms with Gasteiger partial charge in [0, 0.05) is 19.2 Å². The van der Waals surface area contributed by atoms with Crippen LogP contribution in [-0.2, 0) is 24.8 Å². The summed E-state index contributed by atoms with van der Waals surface area (Å²) in [6, 6.07) is 7.67. The number of carbonyl (C=O) groups is 1. The van der Waals surface area contributed by atoms with Crippen molar-refractivity contribution in [1.29, 1.82) is 0 Å². The highest BCUT2D eigenvalue weighted by Gasteiger charge is 2.33. The van der Waals surface area contributed by atoms with Gasteiger partial charge in [-0.15, -0.1) is 0 Å². The first-order chi connectivity index (χ1) is 9.15. The number of nitrogens with zero attached hydrogens (tertiary/aromatic N) is 4. The monoisotopic (exact) mass is 257 g/mol. The van der Waals surface area contributed by atoms with Crippen LogP contribution in [0.3, 0.4) is 0 Å². The topological polar surface area (TPSA) is 77.0 Å². The molecule has 6 nitrogen and oxygen atoms in total. The van der Waals surface area contributed by atoms with E-state index in [1.807, 2.05) is 29.2 Å². The number of nitrogens with two attached hydrogens (primary N) is 1. The van der Waals surface area contributed by atoms with Crippen LogP contribution in [0.2, 0.25) is 0 Å². The van der Waals surface area contributed by atoms with Crippen LogP contribution in [0.25, 0.3) is 0 Å². The maximum Gasteiger partial charge on any atom is 0.240 e. The second-order valence-corrected chi connectivity index (χ2v) is 4.70. The maximum absolute atomic E-state index is 11.6. The molecule has 1 aromatic carbocycles. The van der Waals surface area contributed by atoms with E-state index in [1.165, 1.54) is 4.80 Å². The van der Waals surface area contributed by atoms with Crippen molar-refractivity contribution in [2.24, 2.45) is 12.8 Å². The molecule has 0 spiro atoms. The van der Waals surface area contributed by atoms with Crippen LogP contribution in [0, 0.1) is 0 Å². The third-order valence-electron chi connectivity index (χ3n) is 3.40. The fraction of sp³-hybridized carbons (Fsp3) is 0.308. The molecule has 0 aliphatic carbocycles. The molecule has 0 radical (unpaired) electrons. The number of amides is 1. The van der Waals surface area contributed by atoms with Crippen molar-refractivity contribution in [1.82, 2.24) is 15.0 Å². The molecule has 1 amide bonds. The summed E-state index contributed by atoms with van der Waals surface area (Å²) in [4.78, 5) is 15.1. The first-order valence-corrected chi connectivity index (χ1v) is 6.14. The van der Waals surface area contributed by atoms with Gasteiger partial charge in [-0.1, -0.05) is 18.2 Å². The molecular weight excluding hydrogens is 242 g/mol. The van der Waals surface area contributed by atoms with Crippen LogP contribution < -0.4 is 10.6 Å². The molecule has 0 fully saturated rings. The van der Waals surface area contributed by atoms with Crippen LogP contribution in [0.5, 0.6) is 0 Å². The van der Waals surface area contributed by atoms with E-state index in [2.05, 4.69) is 10.2 Å². The smallest absolute Gasteiger partial charge is 0.240 e. The highest BCUT2D eigenvalue weighted by atomic mass is 16.1. The molecule has 6 heteroatoms. The quantitative estimate of drug-likeness (QED) is 0.854. The van der Waals surface area contributed by atoms with Crippen molar-refractivity contribution in [3.63, 3.8) is 0 Å². The summed E-state index contributed by atoms with van der Waals surface area (Å²) in [5, 5.41) is 8.30. The highest BCUT2D eigenvalue weighted by Crippen LogP contribution is 2.32. The van der Waals surface area contributed by atoms with Crippen molar-refractivity contribution in [2.75, 3.05) is 4.90 Å². The van der Waals surface area contributed by atoms with E-state index in [1.54, 1.807) is 13.2 Å². The van der Waals surface area contributed by atoms with Gasteiger partial charge in [-0.25, -0.2) is 0 Å². The normalized spacial score (nSPS) is 17.5. The van der Waals surface area contributed by atoms with Gasteiger partial charge in [0.15, 0.2) is 0 Å². The van der Waals surface area contributed by atoms with Gasteiger partial charge in [-0.2, -0.15) is 15.0 Å². The van der Waals surface area contributed by atoms with Crippen LogP contribution >= 0.6 is 0 Å². The number of fused-ring (bicyclic) bond motifs is 1. The Labute approximate surface area is 110 Å². The molecule has 2 aromatic rings. The summed E-state index contributed by atoms with van der Waals surface area (Å²) >= 11 is 0. The number of primary amides is 1. The Bertz CT molecular complexity index is 621. The predicted octanol–water partition coefficient (Wildman–Crippen LogP) is 0.232. The van der Waals surface area contributed by atoms with Crippen molar-refractivity contribution in [3.05, 3.63) is 41.7 Å². The molecule has 98 valence electrons. The standard InChI is InChI=1S/C13H15N5O/c1-17-15-7-10(16-17)8-18-11-5-3-2-4-9(11)6-12(18)13(14)19/h2-5,7,12H,6,8H2,1H3,(H2,14,19)/t12-/m0/s1. The molecule has 3 rings (SSSR count). The van der Waals surface area contributed by atoms with E-state index in [0.29, 0.717) is 13.0 Å². The molecule has 0 saturated carbocycles. The average molecular weight is 257 g/mol. The molecular formula is C13H15N5O. The minimum Gasteiger partial charge on any atom is -0.368 e. The lowest BCUT2D eigenvalue weighted by atomic mass is 10.1. The first kappa shape index (κ1) is 11.7. The highest BCUT2D eigenvalue weighted by molar-refractivity contribution is 5.86. The summed E-state index contributed by atoms with van der Waals surface area (Å²) in [7, 11) is 1.77. The zero-order chi connectivity index (χ0) is 13.4. The summed E-state index contributed by atoms with van der Waals surface area (Å²) in [6.07, 6.45) is 2.37. The Morgan fingerprint density at radius 3 is 2.95 bits per heavy atom. The van der Waals surface area contributed by atoms with Crippen LogP contribution in [0.15, 0.2) is 30.5 Å². The molecule has 2 N–H and O–H groups in total. The molecule has 2 heterocycles. The van der Waals surface area contributed by atoms with E-state index in [-0.39, 0.29) is 11.9 Å². The van der Waals surface area contributed by atoms with Gasteiger partial charge in [0.1, 0.15) is 11.7 Å². The van der Waals surface area contributed by atoms with E-state index >= 15 is 0 Å². The molecule has 0 bridgehead atoms. The molecule has 1 aliphatic rings. The number of benzene rings is 1. The van der Waals surface area contributed by atoms with E-state index in [9.17, 15) is 4.79 Å². The lowest BCUT2D eigenvalue weighted by Gasteiger charge is -2.24. The summed E-state index contributed by atoms with van der Waals surface area (Å²) in [5.74, 6) is -0.305. The zero-order valence-electron chi connectivity index (χ0n) is 10.7. The molecule has 1 aliphatic heterocycles. The van der Waals surface area contributed by atoms with Gasteiger partial charge in [0.25, 0.3) is 0 Å². The number of carbonyl (C=O) groups excluding carboxylic acids is 1. The second-order valence-electron chi connectivity index (χ2n) is 4.70. The lowest BCUT2D eigenvalue weighted by molar-refractivity contribution is -0.119. The minimum atomic E-state index is -0.306. The van der Waals surface area contributed by atoms with Crippen molar-refractivity contribution >= 4 is 11.6 Å². The number of hydrogen-bond donors (Lipinski definition) is 1. The third kappa shape index (κ3) is 2.05. The fourth-order valence-electron chi connectivity index (χ4n) is 2.53. The molecule has 0 unspecified atom stereocenters. The lowest BCUT2D eigenvalue weighted by Crippen LogP contribution is -2.42. The molecule has 1 aromatic heterocycles. The van der Waals surface area contributed by atoms with E-state index in [4.69, 9.17) is 5.73 Å². The Balaban J connectivity index is 1.93. The van der Waals surface area contributed by atoms with Gasteiger partial charge in [-0.3, -0.25) is 4.79 Å². The zero-order valence-corrected chi connectivity index (χ0v) is 10.7. The SMILES string of the molecule is Cn1ncc(CN2c3ccccc3C[C@H]2C(N)=O)n1. The van der Waals surface area contributed by atoms with E-state index < -0.39 is 0 Å². The van der Waals surface area contributed by atoms with Gasteiger partial charge < -0.3 is 10.6 Å². The Morgan fingerprint density at radius 1 is 1.47 bits per heavy atom. The van der Waals surface area contributed by atoms with Crippen LogP contribution in [-0.4, -0.2) is 26.9 Å². The van der Waals surface area contributed by atoms with Crippen LogP contribution in [0.4, 0.5) is 5.69 Å². The predicted molar refractivity (Wildman–Crippen MR) is 70.3 cm³/mol. The number of anilines is 1. The number of para-hydroxylation sites is 1. The number of hydrogen-bond acceptors (Lipinski definition) is 4. The Hall–Kier alpha value is -2.37. The number of rotatable bonds is 3. The minimum absolute atomic E-state index is 0.305. The number of aryl methyl sites for hydroxylation is 1. The maximum atomic E-state index is 11.6. The van der Waals surface area contributed by atoms with E-state index in [0.717, 1.165) is 16.9 Å². The van der Waals surface area contributed by atoms with Crippen molar-refractivity contribution in [3.8, 4) is 0 Å². The van der Waals surface area contributed by atoms with Gasteiger partial charge in [0.2, 0.25) is 5.91 Å². The number of aromatic nitrogens is 3. The second kappa shape index (κ2) is 4.38. The van der Waals surface area contributed by atoms with Crippen molar-refractivity contribution < 1.29 is 4.79 Å². The third-order valence-corrected chi connectivity index (χ3v) is 3.40. The molecule has 19 heavy (non-hydrogen) atoms. The Morgan fingerprint density at radius 2 is 2.26 bits per heavy atom. The van der Waals surface area contributed by atoms with Gasteiger partial charge in [-0.05, 0) is 11.6 Å². The summed E-state index contributed by atoms with van der Waals surface area (Å²) < 4.78 is 0. The Kier molecular flexibility index (Phi) is 2.70. The molecule has 0 saturated heterocycles. The fourth-order valence-corrected chi connectivity index (χ4v) is 2.53. The largest absolute Gasteiger partial charge is 0.368 e. The van der Waals surface area contributed by atoms with Crippen LogP contribution in [0.1, 0.15) is 11.3 Å². The van der Waals surface area contributed by atoms with Gasteiger partial charge >= 0.3 is 0 Å². The van der Waals surface area contributed by atoms with Crippen molar-refractivity contribution in [2.45, 2.75) is 19.0 Å². The molecule has 1 atom stereocenters. The first-order valence-electron chi connectivity index (χ1n) is 6.14. The summed E-state index contributed by atoms with van der Waals surface area (Å²) in [6.45, 7) is 0.540. The average Bonchev–Trinajstić information content (AvgIpc) is 2.95. The van der Waals surface area contributed by atoms with Gasteiger partial charge in [0.05, 0.1) is 12.7 Å². The summed E-state index contributed by atoms with van der Waals surface area (Å²) in [5.41, 5.74) is 8.53.